The van der Waals surface area contributed by atoms with E-state index < -0.39 is 12.7 Å². The second-order valence-corrected chi connectivity index (χ2v) is 3.67. The molecule has 2 nitrogen and oxygen atoms in total. The summed E-state index contributed by atoms with van der Waals surface area (Å²) in [5, 5.41) is 5.00. The van der Waals surface area contributed by atoms with Crippen LogP contribution in [-0.2, 0) is 0 Å². The van der Waals surface area contributed by atoms with Gasteiger partial charge in [0.1, 0.15) is 6.54 Å². The van der Waals surface area contributed by atoms with E-state index in [0.717, 1.165) is 6.42 Å². The van der Waals surface area contributed by atoms with E-state index in [1.807, 2.05) is 6.92 Å². The zero-order valence-corrected chi connectivity index (χ0v) is 7.93. The van der Waals surface area contributed by atoms with Crippen molar-refractivity contribution in [3.63, 3.8) is 0 Å². The zero-order valence-electron chi connectivity index (χ0n) is 7.11. The molecule has 6 heteroatoms. The number of rotatable bonds is 2. The van der Waals surface area contributed by atoms with E-state index in [2.05, 4.69) is 22.9 Å². The second-order valence-electron chi connectivity index (χ2n) is 3.26. The van der Waals surface area contributed by atoms with Crippen molar-refractivity contribution in [1.29, 1.82) is 0 Å². The molecule has 0 spiro atoms. The van der Waals surface area contributed by atoms with Gasteiger partial charge in [0.25, 0.3) is 0 Å². The molecule has 0 amide bonds. The summed E-state index contributed by atoms with van der Waals surface area (Å²) in [5.41, 5.74) is 0. The van der Waals surface area contributed by atoms with Crippen molar-refractivity contribution in [2.24, 2.45) is 5.92 Å². The molecule has 1 rings (SSSR count). The average molecular weight is 212 g/mol. The van der Waals surface area contributed by atoms with E-state index in [0.29, 0.717) is 5.92 Å². The normalized spacial score (nSPS) is 26.8. The van der Waals surface area contributed by atoms with E-state index in [1.165, 1.54) is 0 Å². The topological polar surface area (TPSA) is 24.1 Å². The SMILES string of the molecule is C[C@@H]1C[C@H]1NC(=S)NCC(F)(F)F. The molecule has 0 bridgehead atoms. The smallest absolute Gasteiger partial charge is 0.360 e. The highest BCUT2D eigenvalue weighted by molar-refractivity contribution is 7.80. The van der Waals surface area contributed by atoms with E-state index in [4.69, 9.17) is 0 Å². The van der Waals surface area contributed by atoms with Gasteiger partial charge >= 0.3 is 6.18 Å². The van der Waals surface area contributed by atoms with Gasteiger partial charge in [-0.3, -0.25) is 0 Å². The van der Waals surface area contributed by atoms with Crippen molar-refractivity contribution in [3.8, 4) is 0 Å². The lowest BCUT2D eigenvalue weighted by molar-refractivity contribution is -0.122. The summed E-state index contributed by atoms with van der Waals surface area (Å²) in [7, 11) is 0. The Morgan fingerprint density at radius 2 is 2.08 bits per heavy atom. The Kier molecular flexibility index (Phi) is 3.00. The molecule has 1 saturated carbocycles. The Labute approximate surface area is 79.9 Å². The quantitative estimate of drug-likeness (QED) is 0.677. The van der Waals surface area contributed by atoms with Gasteiger partial charge in [0.2, 0.25) is 0 Å². The first-order valence-electron chi connectivity index (χ1n) is 3.99. The lowest BCUT2D eigenvalue weighted by atomic mass is 10.5. The minimum atomic E-state index is -4.21. The molecule has 0 aromatic carbocycles. The molecule has 0 aliphatic heterocycles. The number of alkyl halides is 3. The van der Waals surface area contributed by atoms with Crippen LogP contribution >= 0.6 is 12.2 Å². The largest absolute Gasteiger partial charge is 0.405 e. The van der Waals surface area contributed by atoms with Gasteiger partial charge in [0, 0.05) is 6.04 Å². The van der Waals surface area contributed by atoms with Crippen LogP contribution in [0.2, 0.25) is 0 Å². The van der Waals surface area contributed by atoms with Gasteiger partial charge in [-0.15, -0.1) is 0 Å². The van der Waals surface area contributed by atoms with Crippen LogP contribution in [0.5, 0.6) is 0 Å². The molecule has 0 aromatic heterocycles. The summed E-state index contributed by atoms with van der Waals surface area (Å²) >= 11 is 4.67. The molecular weight excluding hydrogens is 201 g/mol. The standard InChI is InChI=1S/C7H11F3N2S/c1-4-2-5(4)12-6(13)11-3-7(8,9)10/h4-5H,2-3H2,1H3,(H2,11,12,13)/t4-,5-/m1/s1. The van der Waals surface area contributed by atoms with Gasteiger partial charge in [-0.05, 0) is 24.6 Å². The first-order chi connectivity index (χ1) is 5.88. The third kappa shape index (κ3) is 4.31. The van der Waals surface area contributed by atoms with Crippen LogP contribution < -0.4 is 10.6 Å². The van der Waals surface area contributed by atoms with Gasteiger partial charge in [-0.2, -0.15) is 13.2 Å². The first kappa shape index (κ1) is 10.6. The summed E-state index contributed by atoms with van der Waals surface area (Å²) in [6.07, 6.45) is -3.23. The fraction of sp³-hybridized carbons (Fsp3) is 0.857. The monoisotopic (exact) mass is 212 g/mol. The maximum atomic E-state index is 11.7. The third-order valence-electron chi connectivity index (χ3n) is 1.88. The Bertz CT molecular complexity index is 204. The lowest BCUT2D eigenvalue weighted by Crippen LogP contribution is -2.41. The van der Waals surface area contributed by atoms with Crippen molar-refractivity contribution in [2.75, 3.05) is 6.54 Å². The number of nitrogens with one attached hydrogen (secondary N) is 2. The highest BCUT2D eigenvalue weighted by atomic mass is 32.1. The number of thiocarbonyl (C=S) groups is 1. The van der Waals surface area contributed by atoms with Crippen molar-refractivity contribution in [2.45, 2.75) is 25.6 Å². The number of halogens is 3. The van der Waals surface area contributed by atoms with Crippen LogP contribution in [-0.4, -0.2) is 23.9 Å². The van der Waals surface area contributed by atoms with Crippen LogP contribution in [0.1, 0.15) is 13.3 Å². The summed E-state index contributed by atoms with van der Waals surface area (Å²) < 4.78 is 35.1. The van der Waals surface area contributed by atoms with Crippen molar-refractivity contribution in [1.82, 2.24) is 10.6 Å². The average Bonchev–Trinajstić information content (AvgIpc) is 2.61. The second kappa shape index (κ2) is 3.69. The molecular formula is C7H11F3N2S. The molecule has 0 heterocycles. The minimum Gasteiger partial charge on any atom is -0.360 e. The van der Waals surface area contributed by atoms with E-state index in [-0.39, 0.29) is 11.2 Å². The molecule has 1 fully saturated rings. The maximum Gasteiger partial charge on any atom is 0.405 e. The van der Waals surface area contributed by atoms with E-state index in [1.54, 1.807) is 0 Å². The maximum absolute atomic E-state index is 11.7. The highest BCUT2D eigenvalue weighted by Crippen LogP contribution is 2.28. The van der Waals surface area contributed by atoms with Gasteiger partial charge in [-0.25, -0.2) is 0 Å². The number of hydrogen-bond donors (Lipinski definition) is 2. The van der Waals surface area contributed by atoms with Crippen molar-refractivity contribution < 1.29 is 13.2 Å². The summed E-state index contributed by atoms with van der Waals surface area (Å²) in [6, 6.07) is 0.258. The Hall–Kier alpha value is -0.520. The van der Waals surface area contributed by atoms with Crippen LogP contribution in [0.25, 0.3) is 0 Å². The predicted molar refractivity (Wildman–Crippen MR) is 47.4 cm³/mol. The highest BCUT2D eigenvalue weighted by Gasteiger charge is 2.33. The summed E-state index contributed by atoms with van der Waals surface area (Å²) in [4.78, 5) is 0. The molecule has 2 N–H and O–H groups in total. The Morgan fingerprint density at radius 3 is 2.46 bits per heavy atom. The lowest BCUT2D eigenvalue weighted by Gasteiger charge is -2.11. The molecule has 0 unspecified atom stereocenters. The van der Waals surface area contributed by atoms with Crippen LogP contribution in [0.3, 0.4) is 0 Å². The van der Waals surface area contributed by atoms with Gasteiger partial charge in [0.05, 0.1) is 0 Å². The van der Waals surface area contributed by atoms with Gasteiger partial charge in [-0.1, -0.05) is 6.92 Å². The fourth-order valence-electron chi connectivity index (χ4n) is 0.923. The third-order valence-corrected chi connectivity index (χ3v) is 2.14. The summed E-state index contributed by atoms with van der Waals surface area (Å²) in [5.74, 6) is 0.519. The van der Waals surface area contributed by atoms with Crippen molar-refractivity contribution in [3.05, 3.63) is 0 Å². The van der Waals surface area contributed by atoms with Gasteiger partial charge in [0.15, 0.2) is 5.11 Å². The molecule has 0 saturated heterocycles. The zero-order chi connectivity index (χ0) is 10.1. The number of hydrogen-bond acceptors (Lipinski definition) is 1. The summed E-state index contributed by atoms with van der Waals surface area (Å²) in [6.45, 7) is 0.948. The Morgan fingerprint density at radius 1 is 1.54 bits per heavy atom. The minimum absolute atomic E-state index is 0.0895. The molecule has 1 aliphatic carbocycles. The van der Waals surface area contributed by atoms with Gasteiger partial charge < -0.3 is 10.6 Å². The van der Waals surface area contributed by atoms with Crippen LogP contribution in [0, 0.1) is 5.92 Å². The first-order valence-corrected chi connectivity index (χ1v) is 4.40. The Balaban J connectivity index is 2.11. The molecule has 13 heavy (non-hydrogen) atoms. The fourth-order valence-corrected chi connectivity index (χ4v) is 1.15. The van der Waals surface area contributed by atoms with Crippen LogP contribution in [0.15, 0.2) is 0 Å². The van der Waals surface area contributed by atoms with Crippen LogP contribution in [0.4, 0.5) is 13.2 Å². The molecule has 76 valence electrons. The molecule has 2 atom stereocenters. The molecule has 1 aliphatic rings. The predicted octanol–water partition coefficient (Wildman–Crippen LogP) is 1.42. The van der Waals surface area contributed by atoms with E-state index in [9.17, 15) is 13.2 Å². The molecule has 0 aromatic rings. The molecule has 0 radical (unpaired) electrons. The van der Waals surface area contributed by atoms with Crippen molar-refractivity contribution >= 4 is 17.3 Å². The van der Waals surface area contributed by atoms with E-state index >= 15 is 0 Å².